The molecule has 32 heavy (non-hydrogen) atoms. The van der Waals surface area contributed by atoms with Crippen LogP contribution in [0.5, 0.6) is 11.5 Å². The molecule has 1 amide bonds. The Morgan fingerprint density at radius 2 is 1.94 bits per heavy atom. The van der Waals surface area contributed by atoms with Crippen molar-refractivity contribution in [2.24, 2.45) is 0 Å². The highest BCUT2D eigenvalue weighted by Crippen LogP contribution is 2.31. The second kappa shape index (κ2) is 9.50. The second-order valence-electron chi connectivity index (χ2n) is 6.92. The SMILES string of the molecule is COc1cccnc1COc1cnc(NC(C)=O)cc1Nc1cc(C)nc(C(C)(F)F)n1. The normalized spacial score (nSPS) is 11.1. The average molecular weight is 444 g/mol. The number of carbonyl (C=O) groups excluding carboxylic acids is 1. The number of nitrogens with zero attached hydrogens (tertiary/aromatic N) is 4. The van der Waals surface area contributed by atoms with Crippen molar-refractivity contribution in [3.8, 4) is 11.5 Å². The van der Waals surface area contributed by atoms with E-state index in [4.69, 9.17) is 9.47 Å². The highest BCUT2D eigenvalue weighted by Gasteiger charge is 2.29. The molecule has 0 spiro atoms. The quantitative estimate of drug-likeness (QED) is 0.537. The fraction of sp³-hybridized carbons (Fsp3) is 0.286. The fourth-order valence-electron chi connectivity index (χ4n) is 2.73. The predicted octanol–water partition coefficient (Wildman–Crippen LogP) is 3.98. The summed E-state index contributed by atoms with van der Waals surface area (Å²) in [5.41, 5.74) is 1.26. The van der Waals surface area contributed by atoms with Gasteiger partial charge in [-0.05, 0) is 19.1 Å². The van der Waals surface area contributed by atoms with Gasteiger partial charge in [0.15, 0.2) is 5.75 Å². The van der Waals surface area contributed by atoms with Crippen molar-refractivity contribution in [1.82, 2.24) is 19.9 Å². The molecule has 3 rings (SSSR count). The summed E-state index contributed by atoms with van der Waals surface area (Å²) in [6.07, 6.45) is 3.00. The molecule has 3 aromatic rings. The van der Waals surface area contributed by atoms with Gasteiger partial charge >= 0.3 is 5.92 Å². The number of rotatable bonds is 8. The molecule has 0 atom stereocenters. The first-order chi connectivity index (χ1) is 15.2. The smallest absolute Gasteiger partial charge is 0.303 e. The van der Waals surface area contributed by atoms with Crippen LogP contribution < -0.4 is 20.1 Å². The molecule has 0 aliphatic carbocycles. The number of nitrogens with one attached hydrogen (secondary N) is 2. The topological polar surface area (TPSA) is 111 Å². The van der Waals surface area contributed by atoms with Crippen molar-refractivity contribution in [3.05, 3.63) is 53.9 Å². The number of aryl methyl sites for hydroxylation is 1. The highest BCUT2D eigenvalue weighted by molar-refractivity contribution is 5.88. The molecule has 0 bridgehead atoms. The Morgan fingerprint density at radius 3 is 2.62 bits per heavy atom. The minimum atomic E-state index is -3.21. The van der Waals surface area contributed by atoms with Crippen LogP contribution in [0.3, 0.4) is 0 Å². The highest BCUT2D eigenvalue weighted by atomic mass is 19.3. The summed E-state index contributed by atoms with van der Waals surface area (Å²) in [7, 11) is 1.52. The second-order valence-corrected chi connectivity index (χ2v) is 6.92. The monoisotopic (exact) mass is 444 g/mol. The van der Waals surface area contributed by atoms with Crippen LogP contribution in [0.15, 0.2) is 36.7 Å². The molecular weight excluding hydrogens is 422 g/mol. The van der Waals surface area contributed by atoms with Crippen LogP contribution in [-0.4, -0.2) is 33.0 Å². The lowest BCUT2D eigenvalue weighted by atomic mass is 10.3. The van der Waals surface area contributed by atoms with Gasteiger partial charge in [-0.25, -0.2) is 15.0 Å². The van der Waals surface area contributed by atoms with Crippen molar-refractivity contribution in [2.75, 3.05) is 17.7 Å². The van der Waals surface area contributed by atoms with E-state index in [-0.39, 0.29) is 29.9 Å². The number of ether oxygens (including phenoxy) is 2. The summed E-state index contributed by atoms with van der Waals surface area (Å²) >= 11 is 0. The predicted molar refractivity (Wildman–Crippen MR) is 113 cm³/mol. The van der Waals surface area contributed by atoms with Gasteiger partial charge in [0.2, 0.25) is 11.7 Å². The first-order valence-electron chi connectivity index (χ1n) is 9.55. The number of halogens is 2. The van der Waals surface area contributed by atoms with Crippen molar-refractivity contribution >= 4 is 23.2 Å². The molecule has 11 heteroatoms. The third kappa shape index (κ3) is 5.84. The molecule has 9 nitrogen and oxygen atoms in total. The van der Waals surface area contributed by atoms with E-state index < -0.39 is 11.7 Å². The van der Waals surface area contributed by atoms with Crippen molar-refractivity contribution in [3.63, 3.8) is 0 Å². The number of anilines is 3. The van der Waals surface area contributed by atoms with Gasteiger partial charge in [-0.3, -0.25) is 9.78 Å². The number of carbonyl (C=O) groups is 1. The molecule has 3 heterocycles. The summed E-state index contributed by atoms with van der Waals surface area (Å²) < 4.78 is 38.7. The lowest BCUT2D eigenvalue weighted by molar-refractivity contribution is -0.114. The molecule has 0 radical (unpaired) electrons. The summed E-state index contributed by atoms with van der Waals surface area (Å²) in [4.78, 5) is 27.5. The lowest BCUT2D eigenvalue weighted by Crippen LogP contribution is -2.15. The summed E-state index contributed by atoms with van der Waals surface area (Å²) in [6, 6.07) is 6.50. The maximum absolute atomic E-state index is 13.8. The van der Waals surface area contributed by atoms with Gasteiger partial charge in [0.1, 0.15) is 29.7 Å². The molecule has 0 aromatic carbocycles. The Kier molecular flexibility index (Phi) is 6.76. The molecule has 0 saturated carbocycles. The average Bonchev–Trinajstić information content (AvgIpc) is 2.72. The number of alkyl halides is 2. The van der Waals surface area contributed by atoms with Crippen LogP contribution in [0, 0.1) is 6.92 Å². The number of hydrogen-bond acceptors (Lipinski definition) is 8. The van der Waals surface area contributed by atoms with Crippen molar-refractivity contribution in [1.29, 1.82) is 0 Å². The van der Waals surface area contributed by atoms with Gasteiger partial charge in [-0.15, -0.1) is 0 Å². The number of hydrogen-bond donors (Lipinski definition) is 2. The van der Waals surface area contributed by atoms with Gasteiger partial charge in [0.25, 0.3) is 0 Å². The van der Waals surface area contributed by atoms with Gasteiger partial charge < -0.3 is 20.1 Å². The molecule has 0 fully saturated rings. The van der Waals surface area contributed by atoms with E-state index in [1.54, 1.807) is 25.3 Å². The van der Waals surface area contributed by atoms with Crippen LogP contribution in [0.25, 0.3) is 0 Å². The molecule has 0 aliphatic rings. The zero-order valence-corrected chi connectivity index (χ0v) is 17.9. The lowest BCUT2D eigenvalue weighted by Gasteiger charge is -2.16. The molecule has 0 saturated heterocycles. The van der Waals surface area contributed by atoms with Crippen molar-refractivity contribution < 1.29 is 23.0 Å². The van der Waals surface area contributed by atoms with E-state index in [9.17, 15) is 13.6 Å². The molecule has 168 valence electrons. The molecule has 2 N–H and O–H groups in total. The van der Waals surface area contributed by atoms with Crippen LogP contribution in [0.4, 0.5) is 26.1 Å². The zero-order chi connectivity index (χ0) is 23.3. The largest absolute Gasteiger partial charge is 0.495 e. The van der Waals surface area contributed by atoms with E-state index in [0.29, 0.717) is 22.8 Å². The summed E-state index contributed by atoms with van der Waals surface area (Å²) in [6.45, 7) is 3.71. The molecular formula is C21H22F2N6O3. The van der Waals surface area contributed by atoms with Gasteiger partial charge in [-0.2, -0.15) is 8.78 Å². The third-order valence-electron chi connectivity index (χ3n) is 4.11. The minimum Gasteiger partial charge on any atom is -0.495 e. The van der Waals surface area contributed by atoms with E-state index in [0.717, 1.165) is 6.92 Å². The minimum absolute atomic E-state index is 0.0565. The Hall–Kier alpha value is -3.89. The fourth-order valence-corrected chi connectivity index (χ4v) is 2.73. The molecule has 0 unspecified atom stereocenters. The van der Waals surface area contributed by atoms with Crippen molar-refractivity contribution in [2.45, 2.75) is 33.3 Å². The van der Waals surface area contributed by atoms with Crippen LogP contribution in [0.2, 0.25) is 0 Å². The van der Waals surface area contributed by atoms with Crippen LogP contribution in [-0.2, 0) is 17.3 Å². The van der Waals surface area contributed by atoms with E-state index >= 15 is 0 Å². The number of methoxy groups -OCH3 is 1. The Labute approximate surface area is 183 Å². The number of aromatic nitrogens is 4. The van der Waals surface area contributed by atoms with Gasteiger partial charge in [-0.1, -0.05) is 0 Å². The zero-order valence-electron chi connectivity index (χ0n) is 17.9. The van der Waals surface area contributed by atoms with Crippen LogP contribution in [0.1, 0.15) is 31.1 Å². The molecule has 3 aromatic heterocycles. The van der Waals surface area contributed by atoms with E-state index in [1.807, 2.05) is 0 Å². The van der Waals surface area contributed by atoms with E-state index in [2.05, 4.69) is 30.6 Å². The Bertz CT molecular complexity index is 1120. The first kappa shape index (κ1) is 22.8. The first-order valence-corrected chi connectivity index (χ1v) is 9.55. The summed E-state index contributed by atoms with van der Waals surface area (Å²) in [5.74, 6) is -2.93. The Morgan fingerprint density at radius 1 is 1.16 bits per heavy atom. The van der Waals surface area contributed by atoms with Gasteiger partial charge in [0.05, 0.1) is 19.0 Å². The maximum atomic E-state index is 13.8. The number of pyridine rings is 2. The number of amides is 1. The third-order valence-corrected chi connectivity index (χ3v) is 4.11. The maximum Gasteiger partial charge on any atom is 0.303 e. The molecule has 0 aliphatic heterocycles. The summed E-state index contributed by atoms with van der Waals surface area (Å²) in [5, 5.41) is 5.52. The Balaban J connectivity index is 1.93. The van der Waals surface area contributed by atoms with Gasteiger partial charge in [0, 0.05) is 37.9 Å². The standard InChI is InChI=1S/C21H22F2N6O3/c1-12-8-19(29-20(26-12)21(3,22)23)28-14-9-18(27-13(2)30)25-10-17(14)32-11-15-16(31-4)6-5-7-24-15/h5-10H,11H2,1-4H3,(H2,25,26,27,28,29,30). The van der Waals surface area contributed by atoms with E-state index in [1.165, 1.54) is 32.4 Å². The van der Waals surface area contributed by atoms with Crippen LogP contribution >= 0.6 is 0 Å².